The van der Waals surface area contributed by atoms with Crippen LogP contribution in [0.15, 0.2) is 29.9 Å². The van der Waals surface area contributed by atoms with Gasteiger partial charge in [-0.1, -0.05) is 11.6 Å². The van der Waals surface area contributed by atoms with Crippen molar-refractivity contribution in [1.29, 1.82) is 0 Å². The summed E-state index contributed by atoms with van der Waals surface area (Å²) in [5.41, 5.74) is 0.711. The van der Waals surface area contributed by atoms with Gasteiger partial charge in [-0.2, -0.15) is 5.10 Å². The smallest absolute Gasteiger partial charge is 0.162 e. The zero-order valence-corrected chi connectivity index (χ0v) is 10.6. The van der Waals surface area contributed by atoms with E-state index in [2.05, 4.69) is 15.3 Å². The lowest BCUT2D eigenvalue weighted by Crippen LogP contribution is -1.94. The van der Waals surface area contributed by atoms with E-state index in [1.807, 2.05) is 0 Å². The van der Waals surface area contributed by atoms with Crippen LogP contribution < -0.4 is 9.47 Å². The lowest BCUT2D eigenvalue weighted by atomic mass is 10.2. The quantitative estimate of drug-likeness (QED) is 0.792. The van der Waals surface area contributed by atoms with Crippen LogP contribution in [0.1, 0.15) is 5.56 Å². The molecule has 0 N–H and O–H groups in total. The van der Waals surface area contributed by atoms with E-state index < -0.39 is 0 Å². The molecule has 1 aromatic carbocycles. The van der Waals surface area contributed by atoms with Crippen molar-refractivity contribution < 1.29 is 9.47 Å². The summed E-state index contributed by atoms with van der Waals surface area (Å²) < 4.78 is 11.8. The van der Waals surface area contributed by atoms with E-state index in [0.29, 0.717) is 22.1 Å². The molecule has 0 bridgehead atoms. The Morgan fingerprint density at radius 3 is 2.39 bits per heavy atom. The first-order chi connectivity index (χ1) is 8.74. The number of benzene rings is 1. The Morgan fingerprint density at radius 2 is 1.78 bits per heavy atom. The minimum Gasteiger partial charge on any atom is -0.493 e. The maximum absolute atomic E-state index is 6.11. The second kappa shape index (κ2) is 5.50. The number of rotatable bonds is 4. The highest BCUT2D eigenvalue weighted by Gasteiger charge is 2.08. The summed E-state index contributed by atoms with van der Waals surface area (Å²) in [4.78, 5) is 0. The standard InChI is InChI=1S/C11H11ClN4O2/c1-17-10-3-8(9(12)4-11(10)18-2)5-15-16-6-13-14-7-16/h3-7H,1-2H3/b15-5-. The zero-order valence-electron chi connectivity index (χ0n) is 9.87. The van der Waals surface area contributed by atoms with Crippen molar-refractivity contribution in [3.05, 3.63) is 35.4 Å². The minimum atomic E-state index is 0.518. The van der Waals surface area contributed by atoms with Crippen LogP contribution in [-0.2, 0) is 0 Å². The molecule has 18 heavy (non-hydrogen) atoms. The van der Waals surface area contributed by atoms with Gasteiger partial charge >= 0.3 is 0 Å². The molecule has 0 aliphatic carbocycles. The van der Waals surface area contributed by atoms with Gasteiger partial charge in [0.05, 0.1) is 25.5 Å². The fourth-order valence-electron chi connectivity index (χ4n) is 1.35. The third kappa shape index (κ3) is 2.60. The molecular weight excluding hydrogens is 256 g/mol. The second-order valence-electron chi connectivity index (χ2n) is 3.32. The lowest BCUT2D eigenvalue weighted by Gasteiger charge is -2.09. The molecule has 0 radical (unpaired) electrons. The summed E-state index contributed by atoms with van der Waals surface area (Å²) in [6.45, 7) is 0. The predicted molar refractivity (Wildman–Crippen MR) is 67.6 cm³/mol. The van der Waals surface area contributed by atoms with Crippen LogP contribution in [0.5, 0.6) is 11.5 Å². The van der Waals surface area contributed by atoms with Gasteiger partial charge in [-0.15, -0.1) is 10.2 Å². The van der Waals surface area contributed by atoms with Gasteiger partial charge in [0, 0.05) is 11.6 Å². The first-order valence-corrected chi connectivity index (χ1v) is 5.43. The first kappa shape index (κ1) is 12.4. The Kier molecular flexibility index (Phi) is 3.78. The summed E-state index contributed by atoms with van der Waals surface area (Å²) in [6.07, 6.45) is 4.55. The molecule has 7 heteroatoms. The maximum atomic E-state index is 6.11. The topological polar surface area (TPSA) is 61.5 Å². The highest BCUT2D eigenvalue weighted by Crippen LogP contribution is 2.32. The molecule has 6 nitrogen and oxygen atoms in total. The Labute approximate surface area is 109 Å². The molecule has 0 spiro atoms. The SMILES string of the molecule is COc1cc(Cl)c(/C=N\n2cnnc2)cc1OC. The van der Waals surface area contributed by atoms with E-state index in [1.54, 1.807) is 32.6 Å². The highest BCUT2D eigenvalue weighted by molar-refractivity contribution is 6.33. The van der Waals surface area contributed by atoms with Gasteiger partial charge in [-0.25, -0.2) is 4.68 Å². The Balaban J connectivity index is 2.33. The summed E-state index contributed by atoms with van der Waals surface area (Å²) in [6, 6.07) is 3.42. The number of methoxy groups -OCH3 is 2. The van der Waals surface area contributed by atoms with E-state index in [0.717, 1.165) is 0 Å². The number of hydrogen-bond donors (Lipinski definition) is 0. The van der Waals surface area contributed by atoms with Gasteiger partial charge in [-0.3, -0.25) is 0 Å². The predicted octanol–water partition coefficient (Wildman–Crippen LogP) is 1.83. The van der Waals surface area contributed by atoms with Crippen LogP contribution in [0.25, 0.3) is 0 Å². The fourth-order valence-corrected chi connectivity index (χ4v) is 1.56. The Hall–Kier alpha value is -2.08. The molecule has 94 valence electrons. The Bertz CT molecular complexity index is 554. The van der Waals surface area contributed by atoms with Crippen LogP contribution in [0.4, 0.5) is 0 Å². The van der Waals surface area contributed by atoms with Crippen molar-refractivity contribution in [3.63, 3.8) is 0 Å². The van der Waals surface area contributed by atoms with Crippen LogP contribution in [0.3, 0.4) is 0 Å². The average Bonchev–Trinajstić information content (AvgIpc) is 2.90. The van der Waals surface area contributed by atoms with Crippen molar-refractivity contribution in [2.75, 3.05) is 14.2 Å². The molecule has 0 aliphatic heterocycles. The first-order valence-electron chi connectivity index (χ1n) is 5.05. The molecule has 0 saturated carbocycles. The van der Waals surface area contributed by atoms with Crippen molar-refractivity contribution >= 4 is 17.8 Å². The average molecular weight is 267 g/mol. The monoisotopic (exact) mass is 266 g/mol. The number of aromatic nitrogens is 3. The molecule has 0 aliphatic rings. The number of ether oxygens (including phenoxy) is 2. The van der Waals surface area contributed by atoms with Gasteiger partial charge in [0.25, 0.3) is 0 Å². The van der Waals surface area contributed by atoms with Gasteiger partial charge in [-0.05, 0) is 6.07 Å². The summed E-state index contributed by atoms with van der Waals surface area (Å²) >= 11 is 6.11. The summed E-state index contributed by atoms with van der Waals surface area (Å²) in [5, 5.41) is 11.9. The molecular formula is C11H11ClN4O2. The van der Waals surface area contributed by atoms with Gasteiger partial charge in [0.15, 0.2) is 11.5 Å². The molecule has 0 unspecified atom stereocenters. The number of hydrogen-bond acceptors (Lipinski definition) is 5. The van der Waals surface area contributed by atoms with E-state index >= 15 is 0 Å². The molecule has 1 aromatic heterocycles. The van der Waals surface area contributed by atoms with E-state index in [4.69, 9.17) is 21.1 Å². The highest BCUT2D eigenvalue weighted by atomic mass is 35.5. The minimum absolute atomic E-state index is 0.518. The Morgan fingerprint density at radius 1 is 1.17 bits per heavy atom. The van der Waals surface area contributed by atoms with Crippen molar-refractivity contribution in [2.45, 2.75) is 0 Å². The molecule has 2 rings (SSSR count). The fraction of sp³-hybridized carbons (Fsp3) is 0.182. The number of halogens is 1. The van der Waals surface area contributed by atoms with Crippen LogP contribution >= 0.6 is 11.6 Å². The third-order valence-electron chi connectivity index (χ3n) is 2.24. The molecule has 0 fully saturated rings. The summed E-state index contributed by atoms with van der Waals surface area (Å²) in [7, 11) is 3.12. The van der Waals surface area contributed by atoms with E-state index in [-0.39, 0.29) is 0 Å². The largest absolute Gasteiger partial charge is 0.493 e. The van der Waals surface area contributed by atoms with E-state index in [9.17, 15) is 0 Å². The normalized spacial score (nSPS) is 10.8. The second-order valence-corrected chi connectivity index (χ2v) is 3.72. The van der Waals surface area contributed by atoms with Crippen LogP contribution in [0.2, 0.25) is 5.02 Å². The van der Waals surface area contributed by atoms with E-state index in [1.165, 1.54) is 17.3 Å². The zero-order chi connectivity index (χ0) is 13.0. The lowest BCUT2D eigenvalue weighted by molar-refractivity contribution is 0.355. The number of nitrogens with zero attached hydrogens (tertiary/aromatic N) is 4. The summed E-state index contributed by atoms with van der Waals surface area (Å²) in [5.74, 6) is 1.16. The molecule has 0 saturated heterocycles. The molecule has 0 atom stereocenters. The maximum Gasteiger partial charge on any atom is 0.162 e. The van der Waals surface area contributed by atoms with Crippen LogP contribution in [0, 0.1) is 0 Å². The molecule has 2 aromatic rings. The van der Waals surface area contributed by atoms with Crippen molar-refractivity contribution in [3.8, 4) is 11.5 Å². The van der Waals surface area contributed by atoms with Gasteiger partial charge < -0.3 is 9.47 Å². The van der Waals surface area contributed by atoms with Gasteiger partial charge in [0.1, 0.15) is 12.7 Å². The third-order valence-corrected chi connectivity index (χ3v) is 2.57. The van der Waals surface area contributed by atoms with Crippen molar-refractivity contribution in [1.82, 2.24) is 14.9 Å². The molecule has 0 amide bonds. The van der Waals surface area contributed by atoms with Crippen molar-refractivity contribution in [2.24, 2.45) is 5.10 Å². The van der Waals surface area contributed by atoms with Crippen LogP contribution in [-0.4, -0.2) is 35.3 Å². The molecule has 1 heterocycles. The van der Waals surface area contributed by atoms with Gasteiger partial charge in [0.2, 0.25) is 0 Å².